The molecule has 0 unspecified atom stereocenters. The Kier molecular flexibility index (Phi) is 6.20. The lowest BCUT2D eigenvalue weighted by atomic mass is 9.99. The highest BCUT2D eigenvalue weighted by molar-refractivity contribution is 5.75. The first kappa shape index (κ1) is 20.8. The molecule has 3 rings (SSSR count). The summed E-state index contributed by atoms with van der Waals surface area (Å²) in [5, 5.41) is 6.92. The number of piperidine rings is 1. The molecule has 1 atom stereocenters. The molecule has 1 saturated heterocycles. The van der Waals surface area contributed by atoms with E-state index in [9.17, 15) is 4.79 Å². The Labute approximate surface area is 171 Å². The minimum absolute atomic E-state index is 0.224. The predicted octanol–water partition coefficient (Wildman–Crippen LogP) is 3.69. The summed E-state index contributed by atoms with van der Waals surface area (Å²) >= 11 is 0. The Morgan fingerprint density at radius 1 is 1.34 bits per heavy atom. The number of nitrogens with zero attached hydrogens (tertiary/aromatic N) is 2. The molecule has 158 valence electrons. The van der Waals surface area contributed by atoms with Gasteiger partial charge in [0.25, 0.3) is 0 Å². The number of nitrogens with one attached hydrogen (secondary N) is 1. The van der Waals surface area contributed by atoms with Gasteiger partial charge in [-0.2, -0.15) is 5.10 Å². The summed E-state index contributed by atoms with van der Waals surface area (Å²) in [6.07, 6.45) is 1.66. The molecule has 0 aliphatic carbocycles. The zero-order chi connectivity index (χ0) is 21.0. The first-order valence-electron chi connectivity index (χ1n) is 9.86. The minimum atomic E-state index is -0.498. The number of hydrogen-bond acceptors (Lipinski definition) is 6. The molecule has 2 heterocycles. The van der Waals surface area contributed by atoms with Crippen LogP contribution >= 0.6 is 0 Å². The van der Waals surface area contributed by atoms with Gasteiger partial charge in [0, 0.05) is 25.1 Å². The van der Waals surface area contributed by atoms with Crippen molar-refractivity contribution in [3.05, 3.63) is 24.3 Å². The summed E-state index contributed by atoms with van der Waals surface area (Å²) in [6, 6.07) is 7.38. The second-order valence-corrected chi connectivity index (χ2v) is 8.29. The van der Waals surface area contributed by atoms with Gasteiger partial charge in [0.1, 0.15) is 22.9 Å². The van der Waals surface area contributed by atoms with E-state index in [4.69, 9.17) is 19.9 Å². The van der Waals surface area contributed by atoms with Gasteiger partial charge in [0.2, 0.25) is 0 Å². The number of hydrogen-bond donors (Lipinski definition) is 2. The van der Waals surface area contributed by atoms with Crippen LogP contribution in [0.4, 0.5) is 10.6 Å². The summed E-state index contributed by atoms with van der Waals surface area (Å²) in [5.74, 6) is 1.98. The summed E-state index contributed by atoms with van der Waals surface area (Å²) in [7, 11) is 1.61. The highest BCUT2D eigenvalue weighted by Crippen LogP contribution is 2.38. The lowest BCUT2D eigenvalue weighted by Crippen LogP contribution is -2.44. The standard InChI is InChI=1S/C21H30N4O4/c1-21(2,3)29-20(26)25-10-6-7-14(12-25)13-28-17-9-5-8-16(27-4)19(17)15-11-18(22)24-23-15/h5,8-9,11,14H,6-7,10,12-13H2,1-4H3,(H3,22,23,24)/t14-/m0/s1. The van der Waals surface area contributed by atoms with Crippen LogP contribution in [0.2, 0.25) is 0 Å². The number of anilines is 1. The third-order valence-corrected chi connectivity index (χ3v) is 4.72. The quantitative estimate of drug-likeness (QED) is 0.791. The molecule has 3 N–H and O–H groups in total. The number of aromatic amines is 1. The number of carbonyl (C=O) groups excluding carboxylic acids is 1. The number of aromatic nitrogens is 2. The molecule has 1 aliphatic heterocycles. The van der Waals surface area contributed by atoms with Crippen LogP contribution in [-0.2, 0) is 4.74 Å². The fourth-order valence-corrected chi connectivity index (χ4v) is 3.43. The maximum atomic E-state index is 12.4. The van der Waals surface area contributed by atoms with Crippen molar-refractivity contribution in [3.63, 3.8) is 0 Å². The second kappa shape index (κ2) is 8.63. The van der Waals surface area contributed by atoms with E-state index in [-0.39, 0.29) is 12.0 Å². The van der Waals surface area contributed by atoms with E-state index in [1.54, 1.807) is 18.1 Å². The fourth-order valence-electron chi connectivity index (χ4n) is 3.43. The van der Waals surface area contributed by atoms with Crippen LogP contribution in [0, 0.1) is 5.92 Å². The van der Waals surface area contributed by atoms with Gasteiger partial charge in [0.05, 0.1) is 25.0 Å². The van der Waals surface area contributed by atoms with Gasteiger partial charge in [-0.1, -0.05) is 6.07 Å². The molecule has 29 heavy (non-hydrogen) atoms. The van der Waals surface area contributed by atoms with Gasteiger partial charge in [0.15, 0.2) is 0 Å². The molecule has 1 fully saturated rings. The number of benzene rings is 1. The number of carbonyl (C=O) groups is 1. The Hall–Kier alpha value is -2.90. The third-order valence-electron chi connectivity index (χ3n) is 4.72. The summed E-state index contributed by atoms with van der Waals surface area (Å²) in [5.41, 5.74) is 6.77. The van der Waals surface area contributed by atoms with Gasteiger partial charge in [-0.15, -0.1) is 0 Å². The van der Waals surface area contributed by atoms with Crippen LogP contribution in [0.3, 0.4) is 0 Å². The van der Waals surface area contributed by atoms with E-state index >= 15 is 0 Å². The van der Waals surface area contributed by atoms with Gasteiger partial charge in [-0.25, -0.2) is 4.79 Å². The van der Waals surface area contributed by atoms with Crippen molar-refractivity contribution in [2.24, 2.45) is 5.92 Å². The largest absolute Gasteiger partial charge is 0.496 e. The lowest BCUT2D eigenvalue weighted by Gasteiger charge is -2.34. The number of nitrogens with two attached hydrogens (primary N) is 1. The SMILES string of the molecule is COc1cccc(OC[C@H]2CCCN(C(=O)OC(C)(C)C)C2)c1-c1cc(N)n[nH]1. The van der Waals surface area contributed by atoms with Gasteiger partial charge in [-0.3, -0.25) is 5.10 Å². The molecule has 0 radical (unpaired) electrons. The maximum absolute atomic E-state index is 12.4. The number of methoxy groups -OCH3 is 1. The zero-order valence-electron chi connectivity index (χ0n) is 17.5. The van der Waals surface area contributed by atoms with Crippen LogP contribution in [0.15, 0.2) is 24.3 Å². The van der Waals surface area contributed by atoms with Crippen molar-refractivity contribution in [3.8, 4) is 22.8 Å². The predicted molar refractivity (Wildman–Crippen MR) is 111 cm³/mol. The number of ether oxygens (including phenoxy) is 3. The highest BCUT2D eigenvalue weighted by Gasteiger charge is 2.28. The van der Waals surface area contributed by atoms with Crippen molar-refractivity contribution >= 4 is 11.9 Å². The molecular weight excluding hydrogens is 372 g/mol. The first-order valence-corrected chi connectivity index (χ1v) is 9.86. The van der Waals surface area contributed by atoms with Crippen molar-refractivity contribution in [1.82, 2.24) is 15.1 Å². The molecule has 0 saturated carbocycles. The van der Waals surface area contributed by atoms with Gasteiger partial charge >= 0.3 is 6.09 Å². The van der Waals surface area contributed by atoms with E-state index < -0.39 is 5.60 Å². The molecular formula is C21H30N4O4. The normalized spacial score (nSPS) is 17.1. The third kappa shape index (κ3) is 5.34. The monoisotopic (exact) mass is 402 g/mol. The Morgan fingerprint density at radius 3 is 2.76 bits per heavy atom. The Morgan fingerprint density at radius 2 is 2.10 bits per heavy atom. The van der Waals surface area contributed by atoms with Crippen LogP contribution in [0.5, 0.6) is 11.5 Å². The molecule has 1 aliphatic rings. The van der Waals surface area contributed by atoms with Crippen LogP contribution in [0.25, 0.3) is 11.3 Å². The van der Waals surface area contributed by atoms with E-state index in [2.05, 4.69) is 10.2 Å². The number of nitrogen functional groups attached to an aromatic ring is 1. The van der Waals surface area contributed by atoms with E-state index in [0.29, 0.717) is 37.0 Å². The second-order valence-electron chi connectivity index (χ2n) is 8.29. The van der Waals surface area contributed by atoms with Crippen LogP contribution < -0.4 is 15.2 Å². The lowest BCUT2D eigenvalue weighted by molar-refractivity contribution is 0.0139. The zero-order valence-corrected chi connectivity index (χ0v) is 17.5. The highest BCUT2D eigenvalue weighted by atomic mass is 16.6. The van der Waals surface area contributed by atoms with E-state index in [1.807, 2.05) is 39.0 Å². The number of amides is 1. The van der Waals surface area contributed by atoms with Crippen molar-refractivity contribution in [2.75, 3.05) is 32.5 Å². The smallest absolute Gasteiger partial charge is 0.410 e. The topological polar surface area (TPSA) is 103 Å². The number of likely N-dealkylation sites (tertiary alicyclic amines) is 1. The Balaban J connectivity index is 1.69. The summed E-state index contributed by atoms with van der Waals surface area (Å²) in [4.78, 5) is 14.2. The van der Waals surface area contributed by atoms with Crippen molar-refractivity contribution in [1.29, 1.82) is 0 Å². The molecule has 1 aromatic heterocycles. The number of rotatable bonds is 5. The number of H-pyrrole nitrogens is 1. The van der Waals surface area contributed by atoms with Gasteiger partial charge in [-0.05, 0) is 45.7 Å². The minimum Gasteiger partial charge on any atom is -0.496 e. The van der Waals surface area contributed by atoms with Crippen molar-refractivity contribution in [2.45, 2.75) is 39.2 Å². The molecule has 1 aromatic carbocycles. The molecule has 0 bridgehead atoms. The van der Waals surface area contributed by atoms with Crippen LogP contribution in [-0.4, -0.2) is 53.6 Å². The summed E-state index contributed by atoms with van der Waals surface area (Å²) in [6.45, 7) is 7.45. The molecule has 8 nitrogen and oxygen atoms in total. The molecule has 1 amide bonds. The molecule has 2 aromatic rings. The molecule has 0 spiro atoms. The average molecular weight is 402 g/mol. The van der Waals surface area contributed by atoms with E-state index in [0.717, 1.165) is 24.1 Å². The summed E-state index contributed by atoms with van der Waals surface area (Å²) < 4.78 is 17.2. The molecule has 8 heteroatoms. The van der Waals surface area contributed by atoms with E-state index in [1.165, 1.54) is 0 Å². The first-order chi connectivity index (χ1) is 13.8. The van der Waals surface area contributed by atoms with Crippen LogP contribution in [0.1, 0.15) is 33.6 Å². The fraction of sp³-hybridized carbons (Fsp3) is 0.524. The maximum Gasteiger partial charge on any atom is 0.410 e. The average Bonchev–Trinajstić information content (AvgIpc) is 3.10. The Bertz CT molecular complexity index is 843. The van der Waals surface area contributed by atoms with Gasteiger partial charge < -0.3 is 24.8 Å². The van der Waals surface area contributed by atoms with Crippen molar-refractivity contribution < 1.29 is 19.0 Å².